The summed E-state index contributed by atoms with van der Waals surface area (Å²) in [5, 5.41) is 0. The van der Waals surface area contributed by atoms with E-state index in [2.05, 4.69) is 4.99 Å². The van der Waals surface area contributed by atoms with Gasteiger partial charge in [-0.25, -0.2) is 4.99 Å². The number of aliphatic imine (C=N–C) groups is 1. The van der Waals surface area contributed by atoms with Gasteiger partial charge in [0.15, 0.2) is 11.7 Å². The van der Waals surface area contributed by atoms with Crippen LogP contribution in [0.5, 0.6) is 0 Å². The van der Waals surface area contributed by atoms with Gasteiger partial charge >= 0.3 is 0 Å². The first kappa shape index (κ1) is 10.6. The number of benzene rings is 1. The summed E-state index contributed by atoms with van der Waals surface area (Å²) in [7, 11) is 0. The highest BCUT2D eigenvalue weighted by atomic mass is 16.5. The van der Waals surface area contributed by atoms with Crippen molar-refractivity contribution in [3.8, 4) is 0 Å². The molecule has 0 saturated heterocycles. The number of hydrogen-bond donors (Lipinski definition) is 0. The van der Waals surface area contributed by atoms with Gasteiger partial charge in [0.25, 0.3) is 0 Å². The van der Waals surface area contributed by atoms with Crippen molar-refractivity contribution < 1.29 is 9.53 Å². The van der Waals surface area contributed by atoms with E-state index in [0.717, 1.165) is 5.56 Å². The van der Waals surface area contributed by atoms with Crippen molar-refractivity contribution in [3.05, 3.63) is 41.6 Å². The maximum Gasteiger partial charge on any atom is 0.196 e. The van der Waals surface area contributed by atoms with Crippen LogP contribution in [0.3, 0.4) is 0 Å². The SMILES string of the molecule is CCOC1=NC(=Cc2ccccc2)C(=O)C1. The van der Waals surface area contributed by atoms with Crippen LogP contribution in [0.2, 0.25) is 0 Å². The van der Waals surface area contributed by atoms with Crippen LogP contribution in [-0.2, 0) is 9.53 Å². The summed E-state index contributed by atoms with van der Waals surface area (Å²) in [4.78, 5) is 15.8. The zero-order valence-electron chi connectivity index (χ0n) is 9.14. The quantitative estimate of drug-likeness (QED) is 0.711. The van der Waals surface area contributed by atoms with E-state index in [-0.39, 0.29) is 12.2 Å². The molecule has 0 N–H and O–H groups in total. The molecule has 3 heteroatoms. The molecule has 0 radical (unpaired) electrons. The average Bonchev–Trinajstić information content (AvgIpc) is 2.61. The molecule has 3 nitrogen and oxygen atoms in total. The molecule has 0 saturated carbocycles. The van der Waals surface area contributed by atoms with Crippen molar-refractivity contribution in [1.82, 2.24) is 0 Å². The van der Waals surface area contributed by atoms with Gasteiger partial charge in [-0.15, -0.1) is 0 Å². The summed E-state index contributed by atoms with van der Waals surface area (Å²) < 4.78 is 5.23. The largest absolute Gasteiger partial charge is 0.481 e. The van der Waals surface area contributed by atoms with Crippen LogP contribution in [0, 0.1) is 0 Å². The van der Waals surface area contributed by atoms with E-state index in [0.29, 0.717) is 18.2 Å². The number of rotatable bonds is 2. The zero-order chi connectivity index (χ0) is 11.4. The molecule has 82 valence electrons. The monoisotopic (exact) mass is 215 g/mol. The average molecular weight is 215 g/mol. The molecule has 1 aromatic carbocycles. The molecule has 0 bridgehead atoms. The van der Waals surface area contributed by atoms with Gasteiger partial charge in [-0.3, -0.25) is 4.79 Å². The highest BCUT2D eigenvalue weighted by Gasteiger charge is 2.21. The van der Waals surface area contributed by atoms with Gasteiger partial charge in [-0.2, -0.15) is 0 Å². The lowest BCUT2D eigenvalue weighted by molar-refractivity contribution is -0.114. The second-order valence-corrected chi connectivity index (χ2v) is 3.48. The van der Waals surface area contributed by atoms with Crippen LogP contribution in [0.15, 0.2) is 41.0 Å². The van der Waals surface area contributed by atoms with Gasteiger partial charge in [0.05, 0.1) is 13.0 Å². The van der Waals surface area contributed by atoms with E-state index in [4.69, 9.17) is 4.74 Å². The molecule has 0 atom stereocenters. The molecule has 1 aliphatic heterocycles. The first-order chi connectivity index (χ1) is 7.79. The van der Waals surface area contributed by atoms with Gasteiger partial charge in [0.2, 0.25) is 0 Å². The Kier molecular flexibility index (Phi) is 3.15. The summed E-state index contributed by atoms with van der Waals surface area (Å²) in [5.74, 6) is 0.544. The number of carbonyl (C=O) groups excluding carboxylic acids is 1. The maximum absolute atomic E-state index is 11.6. The number of allylic oxidation sites excluding steroid dienone is 1. The lowest BCUT2D eigenvalue weighted by atomic mass is 10.1. The molecule has 0 aliphatic carbocycles. The van der Waals surface area contributed by atoms with Crippen molar-refractivity contribution >= 4 is 17.8 Å². The van der Waals surface area contributed by atoms with Gasteiger partial charge in [-0.1, -0.05) is 30.3 Å². The van der Waals surface area contributed by atoms with Crippen molar-refractivity contribution in [2.75, 3.05) is 6.61 Å². The minimum absolute atomic E-state index is 0.0207. The third-order valence-electron chi connectivity index (χ3n) is 2.26. The topological polar surface area (TPSA) is 38.7 Å². The van der Waals surface area contributed by atoms with E-state index >= 15 is 0 Å². The van der Waals surface area contributed by atoms with Crippen LogP contribution in [-0.4, -0.2) is 18.3 Å². The summed E-state index contributed by atoms with van der Waals surface area (Å²) in [6, 6.07) is 9.67. The Morgan fingerprint density at radius 3 is 2.81 bits per heavy atom. The third-order valence-corrected chi connectivity index (χ3v) is 2.26. The lowest BCUT2D eigenvalue weighted by Crippen LogP contribution is -2.03. The summed E-state index contributed by atoms with van der Waals surface area (Å²) >= 11 is 0. The van der Waals surface area contributed by atoms with Crippen LogP contribution >= 0.6 is 0 Å². The third kappa shape index (κ3) is 2.37. The molecular formula is C13H13NO2. The molecule has 16 heavy (non-hydrogen) atoms. The maximum atomic E-state index is 11.6. The summed E-state index contributed by atoms with van der Waals surface area (Å²) in [6.45, 7) is 2.43. The predicted molar refractivity (Wildman–Crippen MR) is 63.1 cm³/mol. The fraction of sp³-hybridized carbons (Fsp3) is 0.231. The number of ketones is 1. The highest BCUT2D eigenvalue weighted by molar-refractivity contribution is 6.15. The fourth-order valence-corrected chi connectivity index (χ4v) is 1.53. The van der Waals surface area contributed by atoms with Gasteiger partial charge < -0.3 is 4.74 Å². The molecule has 0 spiro atoms. The minimum atomic E-state index is 0.0207. The van der Waals surface area contributed by atoms with E-state index in [1.54, 1.807) is 6.08 Å². The Balaban J connectivity index is 2.22. The van der Waals surface area contributed by atoms with Crippen LogP contribution in [0.1, 0.15) is 18.9 Å². The van der Waals surface area contributed by atoms with Crippen molar-refractivity contribution in [2.24, 2.45) is 4.99 Å². The number of carbonyl (C=O) groups is 1. The van der Waals surface area contributed by atoms with Crippen molar-refractivity contribution in [3.63, 3.8) is 0 Å². The Hall–Kier alpha value is -1.90. The standard InChI is InChI=1S/C13H13NO2/c1-2-16-13-9-12(15)11(14-13)8-10-6-4-3-5-7-10/h3-8H,2,9H2,1H3. The number of ether oxygens (including phenoxy) is 1. The number of hydrogen-bond acceptors (Lipinski definition) is 3. The normalized spacial score (nSPS) is 17.7. The predicted octanol–water partition coefficient (Wildman–Crippen LogP) is 2.44. The molecule has 0 aromatic heterocycles. The van der Waals surface area contributed by atoms with Crippen molar-refractivity contribution in [1.29, 1.82) is 0 Å². The minimum Gasteiger partial charge on any atom is -0.481 e. The van der Waals surface area contributed by atoms with Crippen LogP contribution in [0.4, 0.5) is 0 Å². The van der Waals surface area contributed by atoms with Gasteiger partial charge in [0.1, 0.15) is 5.70 Å². The second-order valence-electron chi connectivity index (χ2n) is 3.48. The molecule has 0 unspecified atom stereocenters. The Morgan fingerprint density at radius 2 is 2.12 bits per heavy atom. The molecule has 0 amide bonds. The molecule has 1 heterocycles. The second kappa shape index (κ2) is 4.75. The molecule has 2 rings (SSSR count). The number of nitrogens with zero attached hydrogens (tertiary/aromatic N) is 1. The van der Waals surface area contributed by atoms with Crippen LogP contribution in [0.25, 0.3) is 6.08 Å². The fourth-order valence-electron chi connectivity index (χ4n) is 1.53. The Morgan fingerprint density at radius 1 is 1.38 bits per heavy atom. The Labute approximate surface area is 94.5 Å². The molecule has 0 fully saturated rings. The van der Waals surface area contributed by atoms with E-state index in [1.807, 2.05) is 37.3 Å². The first-order valence-electron chi connectivity index (χ1n) is 5.30. The van der Waals surface area contributed by atoms with Gasteiger partial charge in [0, 0.05) is 0 Å². The molecule has 1 aromatic rings. The molecular weight excluding hydrogens is 202 g/mol. The van der Waals surface area contributed by atoms with Crippen LogP contribution < -0.4 is 0 Å². The summed E-state index contributed by atoms with van der Waals surface area (Å²) in [6.07, 6.45) is 2.07. The van der Waals surface area contributed by atoms with E-state index in [1.165, 1.54) is 0 Å². The van der Waals surface area contributed by atoms with E-state index in [9.17, 15) is 4.79 Å². The first-order valence-corrected chi connectivity index (χ1v) is 5.30. The smallest absolute Gasteiger partial charge is 0.196 e. The molecule has 1 aliphatic rings. The zero-order valence-corrected chi connectivity index (χ0v) is 9.14. The number of Topliss-reactive ketones (excluding diaryl/α,β-unsaturated/α-hetero) is 1. The van der Waals surface area contributed by atoms with E-state index < -0.39 is 0 Å². The summed E-state index contributed by atoms with van der Waals surface area (Å²) in [5.41, 5.74) is 1.46. The highest BCUT2D eigenvalue weighted by Crippen LogP contribution is 2.17. The lowest BCUT2D eigenvalue weighted by Gasteiger charge is -1.96. The van der Waals surface area contributed by atoms with Gasteiger partial charge in [-0.05, 0) is 18.6 Å². The Bertz CT molecular complexity index is 446. The van der Waals surface area contributed by atoms with Crippen molar-refractivity contribution in [2.45, 2.75) is 13.3 Å².